The van der Waals surface area contributed by atoms with Crippen LogP contribution in [0, 0.1) is 0 Å². The van der Waals surface area contributed by atoms with Crippen LogP contribution >= 0.6 is 0 Å². The number of carbonyl (C=O) groups is 2. The first-order valence-corrected chi connectivity index (χ1v) is 5.03. The minimum Gasteiger partial charge on any atom is -0.492 e. The van der Waals surface area contributed by atoms with E-state index in [0.29, 0.717) is 24.5 Å². The zero-order valence-corrected chi connectivity index (χ0v) is 9.47. The molecule has 0 bridgehead atoms. The summed E-state index contributed by atoms with van der Waals surface area (Å²) in [4.78, 5) is 22.9. The van der Waals surface area contributed by atoms with Crippen LogP contribution in [0.1, 0.15) is 17.3 Å². The van der Waals surface area contributed by atoms with E-state index in [9.17, 15) is 9.59 Å². The number of carbonyl (C=O) groups excluding carboxylic acids is 2. The molecule has 1 rings (SSSR count). The Morgan fingerprint density at radius 3 is 2.50 bits per heavy atom. The highest BCUT2D eigenvalue weighted by atomic mass is 16.5. The third kappa shape index (κ3) is 3.73. The molecule has 4 nitrogen and oxygen atoms in total. The molecule has 0 radical (unpaired) electrons. The van der Waals surface area contributed by atoms with Crippen LogP contribution in [-0.4, -0.2) is 37.3 Å². The van der Waals surface area contributed by atoms with Gasteiger partial charge in [0.05, 0.1) is 6.54 Å². The fourth-order valence-electron chi connectivity index (χ4n) is 1.10. The summed E-state index contributed by atoms with van der Waals surface area (Å²) in [5, 5.41) is 0. The standard InChI is InChI=1S/C12H15NO3/c1-10(15)13(2)7-8-16-12-5-3-11(9-14)4-6-12/h3-6,9H,7-8H2,1-2H3. The van der Waals surface area contributed by atoms with Crippen molar-refractivity contribution >= 4 is 12.2 Å². The molecule has 0 atom stereocenters. The molecule has 1 aromatic rings. The van der Waals surface area contributed by atoms with Crippen molar-refractivity contribution in [3.05, 3.63) is 29.8 Å². The second-order valence-corrected chi connectivity index (χ2v) is 3.48. The Balaban J connectivity index is 2.37. The van der Waals surface area contributed by atoms with Crippen molar-refractivity contribution in [3.63, 3.8) is 0 Å². The molecule has 0 saturated carbocycles. The molecule has 1 amide bonds. The van der Waals surface area contributed by atoms with Crippen molar-refractivity contribution in [1.29, 1.82) is 0 Å². The molecule has 0 spiro atoms. The normalized spacial score (nSPS) is 9.62. The van der Waals surface area contributed by atoms with E-state index in [2.05, 4.69) is 0 Å². The Labute approximate surface area is 94.8 Å². The van der Waals surface area contributed by atoms with Crippen LogP contribution in [0.25, 0.3) is 0 Å². The monoisotopic (exact) mass is 221 g/mol. The highest BCUT2D eigenvalue weighted by molar-refractivity contribution is 5.74. The van der Waals surface area contributed by atoms with Crippen molar-refractivity contribution in [2.45, 2.75) is 6.92 Å². The molecular formula is C12H15NO3. The van der Waals surface area contributed by atoms with E-state index in [0.717, 1.165) is 6.29 Å². The van der Waals surface area contributed by atoms with Crippen molar-refractivity contribution in [2.24, 2.45) is 0 Å². The smallest absolute Gasteiger partial charge is 0.219 e. The number of rotatable bonds is 5. The van der Waals surface area contributed by atoms with E-state index in [1.807, 2.05) is 0 Å². The number of benzene rings is 1. The van der Waals surface area contributed by atoms with Crippen molar-refractivity contribution in [2.75, 3.05) is 20.2 Å². The molecule has 1 aromatic carbocycles. The molecule has 0 saturated heterocycles. The zero-order chi connectivity index (χ0) is 12.0. The third-order valence-corrected chi connectivity index (χ3v) is 2.25. The maximum atomic E-state index is 10.9. The zero-order valence-electron chi connectivity index (χ0n) is 9.47. The van der Waals surface area contributed by atoms with Crippen molar-refractivity contribution in [3.8, 4) is 5.75 Å². The Hall–Kier alpha value is -1.84. The van der Waals surface area contributed by atoms with Crippen LogP contribution < -0.4 is 4.74 Å². The first kappa shape index (κ1) is 12.2. The van der Waals surface area contributed by atoms with Gasteiger partial charge in [0.25, 0.3) is 0 Å². The molecule has 4 heteroatoms. The number of hydrogen-bond acceptors (Lipinski definition) is 3. The number of amides is 1. The summed E-state index contributed by atoms with van der Waals surface area (Å²) in [5.74, 6) is 0.711. The van der Waals surface area contributed by atoms with Gasteiger partial charge in [-0.25, -0.2) is 0 Å². The lowest BCUT2D eigenvalue weighted by atomic mass is 10.2. The number of hydrogen-bond donors (Lipinski definition) is 0. The van der Waals surface area contributed by atoms with Crippen molar-refractivity contribution < 1.29 is 14.3 Å². The van der Waals surface area contributed by atoms with Crippen LogP contribution in [0.2, 0.25) is 0 Å². The molecule has 0 fully saturated rings. The fraction of sp³-hybridized carbons (Fsp3) is 0.333. The summed E-state index contributed by atoms with van der Waals surface area (Å²) >= 11 is 0. The molecule has 86 valence electrons. The lowest BCUT2D eigenvalue weighted by Gasteiger charge is -2.15. The molecule has 0 aromatic heterocycles. The predicted octanol–water partition coefficient (Wildman–Crippen LogP) is 1.36. The minimum absolute atomic E-state index is 0.0138. The summed E-state index contributed by atoms with van der Waals surface area (Å²) < 4.78 is 5.42. The van der Waals surface area contributed by atoms with Gasteiger partial charge in [-0.1, -0.05) is 0 Å². The minimum atomic E-state index is 0.0138. The molecule has 0 aliphatic carbocycles. The topological polar surface area (TPSA) is 46.6 Å². The first-order chi connectivity index (χ1) is 7.63. The Morgan fingerprint density at radius 2 is 2.00 bits per heavy atom. The molecule has 16 heavy (non-hydrogen) atoms. The maximum Gasteiger partial charge on any atom is 0.219 e. The Morgan fingerprint density at radius 1 is 1.38 bits per heavy atom. The van der Waals surface area contributed by atoms with E-state index < -0.39 is 0 Å². The molecule has 0 aliphatic heterocycles. The van der Waals surface area contributed by atoms with Gasteiger partial charge < -0.3 is 9.64 Å². The Kier molecular flexibility index (Phi) is 4.51. The van der Waals surface area contributed by atoms with Crippen LogP contribution in [0.4, 0.5) is 0 Å². The number of ether oxygens (including phenoxy) is 1. The molecule has 0 heterocycles. The van der Waals surface area contributed by atoms with Crippen LogP contribution in [0.15, 0.2) is 24.3 Å². The molecule has 0 N–H and O–H groups in total. The maximum absolute atomic E-state index is 10.9. The van der Waals surface area contributed by atoms with Gasteiger partial charge in [0, 0.05) is 19.5 Å². The van der Waals surface area contributed by atoms with Gasteiger partial charge in [0.2, 0.25) is 5.91 Å². The number of nitrogens with zero attached hydrogens (tertiary/aromatic N) is 1. The van der Waals surface area contributed by atoms with Gasteiger partial charge in [0.1, 0.15) is 18.6 Å². The summed E-state index contributed by atoms with van der Waals surface area (Å²) in [6.45, 7) is 2.50. The van der Waals surface area contributed by atoms with Crippen molar-refractivity contribution in [1.82, 2.24) is 4.90 Å². The van der Waals surface area contributed by atoms with Crippen LogP contribution in [-0.2, 0) is 4.79 Å². The highest BCUT2D eigenvalue weighted by Crippen LogP contribution is 2.10. The number of likely N-dealkylation sites (N-methyl/N-ethyl adjacent to an activating group) is 1. The van der Waals surface area contributed by atoms with E-state index in [1.165, 1.54) is 6.92 Å². The third-order valence-electron chi connectivity index (χ3n) is 2.25. The van der Waals surface area contributed by atoms with Gasteiger partial charge in [-0.3, -0.25) is 9.59 Å². The van der Waals surface area contributed by atoms with Gasteiger partial charge in [-0.05, 0) is 24.3 Å². The number of aldehydes is 1. The molecule has 0 unspecified atom stereocenters. The van der Waals surface area contributed by atoms with Crippen LogP contribution in [0.3, 0.4) is 0 Å². The lowest BCUT2D eigenvalue weighted by Crippen LogP contribution is -2.28. The summed E-state index contributed by atoms with van der Waals surface area (Å²) in [6, 6.07) is 6.85. The second kappa shape index (κ2) is 5.90. The van der Waals surface area contributed by atoms with E-state index >= 15 is 0 Å². The fourth-order valence-corrected chi connectivity index (χ4v) is 1.10. The quantitative estimate of drug-likeness (QED) is 0.705. The summed E-state index contributed by atoms with van der Waals surface area (Å²) in [5.41, 5.74) is 0.619. The highest BCUT2D eigenvalue weighted by Gasteiger charge is 2.01. The van der Waals surface area contributed by atoms with Gasteiger partial charge >= 0.3 is 0 Å². The average Bonchev–Trinajstić information content (AvgIpc) is 2.29. The van der Waals surface area contributed by atoms with E-state index in [4.69, 9.17) is 4.74 Å². The Bertz CT molecular complexity index is 359. The summed E-state index contributed by atoms with van der Waals surface area (Å²) in [6.07, 6.45) is 0.785. The van der Waals surface area contributed by atoms with E-state index in [1.54, 1.807) is 36.2 Å². The molecular weight excluding hydrogens is 206 g/mol. The first-order valence-electron chi connectivity index (χ1n) is 5.03. The SMILES string of the molecule is CC(=O)N(C)CCOc1ccc(C=O)cc1. The van der Waals surface area contributed by atoms with Gasteiger partial charge in [-0.15, -0.1) is 0 Å². The van der Waals surface area contributed by atoms with E-state index in [-0.39, 0.29) is 5.91 Å². The largest absolute Gasteiger partial charge is 0.492 e. The van der Waals surface area contributed by atoms with Crippen LogP contribution in [0.5, 0.6) is 5.75 Å². The molecule has 0 aliphatic rings. The summed E-state index contributed by atoms with van der Waals surface area (Å²) in [7, 11) is 1.72. The predicted molar refractivity (Wildman–Crippen MR) is 60.6 cm³/mol. The second-order valence-electron chi connectivity index (χ2n) is 3.48. The van der Waals surface area contributed by atoms with Gasteiger partial charge in [0.15, 0.2) is 0 Å². The van der Waals surface area contributed by atoms with Gasteiger partial charge in [-0.2, -0.15) is 0 Å². The average molecular weight is 221 g/mol. The lowest BCUT2D eigenvalue weighted by molar-refractivity contribution is -0.127.